The molecule has 0 spiro atoms. The molecule has 0 saturated heterocycles. The first-order valence-electron chi connectivity index (χ1n) is 6.74. The highest BCUT2D eigenvalue weighted by atomic mass is 16.2. The van der Waals surface area contributed by atoms with Crippen LogP contribution in [0.25, 0.3) is 11.6 Å². The lowest BCUT2D eigenvalue weighted by Crippen LogP contribution is -2.20. The van der Waals surface area contributed by atoms with Crippen LogP contribution in [0.2, 0.25) is 0 Å². The first-order valence-corrected chi connectivity index (χ1v) is 6.74. The number of para-hydroxylation sites is 1. The zero-order valence-corrected chi connectivity index (χ0v) is 12.0. The van der Waals surface area contributed by atoms with Crippen LogP contribution in [0, 0.1) is 13.8 Å². The Kier molecular flexibility index (Phi) is 2.94. The van der Waals surface area contributed by atoms with Crippen LogP contribution in [-0.4, -0.2) is 13.0 Å². The Labute approximate surface area is 119 Å². The van der Waals surface area contributed by atoms with Crippen LogP contribution < -0.4 is 4.90 Å². The van der Waals surface area contributed by atoms with Crippen molar-refractivity contribution in [1.82, 2.24) is 0 Å². The lowest BCUT2D eigenvalue weighted by atomic mass is 10.00. The summed E-state index contributed by atoms with van der Waals surface area (Å²) in [6.07, 6.45) is 2.01. The number of hydrogen-bond acceptors (Lipinski definition) is 1. The topological polar surface area (TPSA) is 20.3 Å². The molecule has 0 N–H and O–H groups in total. The third-order valence-electron chi connectivity index (χ3n) is 3.83. The molecule has 0 atom stereocenters. The first-order chi connectivity index (χ1) is 9.58. The van der Waals surface area contributed by atoms with E-state index in [1.54, 1.807) is 4.90 Å². The van der Waals surface area contributed by atoms with Crippen molar-refractivity contribution in [2.24, 2.45) is 0 Å². The van der Waals surface area contributed by atoms with Gasteiger partial charge in [-0.15, -0.1) is 0 Å². The Morgan fingerprint density at radius 1 is 1.05 bits per heavy atom. The van der Waals surface area contributed by atoms with Crippen molar-refractivity contribution in [3.8, 4) is 0 Å². The molecule has 20 heavy (non-hydrogen) atoms. The number of amides is 1. The highest BCUT2D eigenvalue weighted by Crippen LogP contribution is 2.36. The van der Waals surface area contributed by atoms with Crippen LogP contribution in [0.1, 0.15) is 22.3 Å². The fourth-order valence-corrected chi connectivity index (χ4v) is 2.61. The van der Waals surface area contributed by atoms with Crippen LogP contribution in [0.5, 0.6) is 0 Å². The molecule has 0 bridgehead atoms. The van der Waals surface area contributed by atoms with E-state index < -0.39 is 0 Å². The predicted octanol–water partition coefficient (Wildman–Crippen LogP) is 3.82. The average molecular weight is 263 g/mol. The number of anilines is 1. The predicted molar refractivity (Wildman–Crippen MR) is 83.6 cm³/mol. The molecule has 100 valence electrons. The van der Waals surface area contributed by atoms with Gasteiger partial charge in [-0.3, -0.25) is 4.79 Å². The molecule has 0 aromatic heterocycles. The summed E-state index contributed by atoms with van der Waals surface area (Å²) < 4.78 is 0. The van der Waals surface area contributed by atoms with Crippen molar-refractivity contribution in [3.05, 3.63) is 64.7 Å². The lowest BCUT2D eigenvalue weighted by Gasteiger charge is -2.08. The molecular formula is C18H17NO. The molecule has 1 aliphatic heterocycles. The van der Waals surface area contributed by atoms with Gasteiger partial charge in [0.05, 0.1) is 5.69 Å². The van der Waals surface area contributed by atoms with Gasteiger partial charge in [-0.2, -0.15) is 0 Å². The number of aryl methyl sites for hydroxylation is 2. The Morgan fingerprint density at radius 3 is 2.60 bits per heavy atom. The monoisotopic (exact) mass is 263 g/mol. The SMILES string of the molecule is Cc1ccc(C)c(C=C2C(=O)N(C)c3ccccc32)c1. The fraction of sp³-hybridized carbons (Fsp3) is 0.167. The summed E-state index contributed by atoms with van der Waals surface area (Å²) in [5, 5.41) is 0. The number of fused-ring (bicyclic) bond motifs is 1. The quantitative estimate of drug-likeness (QED) is 0.716. The van der Waals surface area contributed by atoms with E-state index in [0.29, 0.717) is 0 Å². The largest absolute Gasteiger partial charge is 0.311 e. The molecule has 1 aliphatic rings. The van der Waals surface area contributed by atoms with Gasteiger partial charge in [0.1, 0.15) is 0 Å². The summed E-state index contributed by atoms with van der Waals surface area (Å²) in [4.78, 5) is 14.1. The second-order valence-corrected chi connectivity index (χ2v) is 5.30. The average Bonchev–Trinajstić information content (AvgIpc) is 2.68. The van der Waals surface area contributed by atoms with E-state index in [-0.39, 0.29) is 5.91 Å². The molecule has 1 amide bonds. The third kappa shape index (κ3) is 1.94. The third-order valence-corrected chi connectivity index (χ3v) is 3.83. The molecule has 2 aromatic rings. The van der Waals surface area contributed by atoms with Crippen LogP contribution in [0.15, 0.2) is 42.5 Å². The Balaban J connectivity index is 2.17. The lowest BCUT2D eigenvalue weighted by molar-refractivity contribution is -0.112. The van der Waals surface area contributed by atoms with Crippen LogP contribution in [0.4, 0.5) is 5.69 Å². The first kappa shape index (κ1) is 12.7. The smallest absolute Gasteiger partial charge is 0.258 e. The molecule has 3 rings (SSSR count). The van der Waals surface area contributed by atoms with Crippen molar-refractivity contribution < 1.29 is 4.79 Å². The summed E-state index contributed by atoms with van der Waals surface area (Å²) in [5.74, 6) is 0.0621. The number of rotatable bonds is 1. The summed E-state index contributed by atoms with van der Waals surface area (Å²) >= 11 is 0. The fourth-order valence-electron chi connectivity index (χ4n) is 2.61. The molecule has 2 nitrogen and oxygen atoms in total. The zero-order chi connectivity index (χ0) is 14.3. The van der Waals surface area contributed by atoms with Gasteiger partial charge in [0.2, 0.25) is 0 Å². The van der Waals surface area contributed by atoms with E-state index in [9.17, 15) is 4.79 Å². The molecule has 0 fully saturated rings. The molecule has 0 saturated carbocycles. The van der Waals surface area contributed by atoms with Crippen molar-refractivity contribution in [3.63, 3.8) is 0 Å². The summed E-state index contributed by atoms with van der Waals surface area (Å²) in [6.45, 7) is 4.14. The van der Waals surface area contributed by atoms with Gasteiger partial charge in [0, 0.05) is 18.2 Å². The van der Waals surface area contributed by atoms with Crippen molar-refractivity contribution in [2.75, 3.05) is 11.9 Å². The van der Waals surface area contributed by atoms with E-state index in [4.69, 9.17) is 0 Å². The van der Waals surface area contributed by atoms with Crippen LogP contribution in [0.3, 0.4) is 0 Å². The van der Waals surface area contributed by atoms with Crippen molar-refractivity contribution >= 4 is 23.2 Å². The molecular weight excluding hydrogens is 246 g/mol. The Bertz CT molecular complexity index is 728. The number of likely N-dealkylation sites (N-methyl/N-ethyl adjacent to an activating group) is 1. The number of carbonyl (C=O) groups is 1. The maximum atomic E-state index is 12.4. The zero-order valence-electron chi connectivity index (χ0n) is 12.0. The maximum Gasteiger partial charge on any atom is 0.258 e. The van der Waals surface area contributed by atoms with E-state index >= 15 is 0 Å². The summed E-state index contributed by atoms with van der Waals surface area (Å²) in [6, 6.07) is 14.2. The van der Waals surface area contributed by atoms with E-state index in [1.165, 1.54) is 11.1 Å². The van der Waals surface area contributed by atoms with Gasteiger partial charge in [0.25, 0.3) is 5.91 Å². The summed E-state index contributed by atoms with van der Waals surface area (Å²) in [5.41, 5.74) is 6.27. The van der Waals surface area contributed by atoms with Crippen LogP contribution in [-0.2, 0) is 4.79 Å². The molecule has 0 unspecified atom stereocenters. The van der Waals surface area contributed by atoms with E-state index in [1.807, 2.05) is 37.4 Å². The van der Waals surface area contributed by atoms with Gasteiger partial charge >= 0.3 is 0 Å². The maximum absolute atomic E-state index is 12.4. The Hall–Kier alpha value is -2.35. The van der Waals surface area contributed by atoms with Gasteiger partial charge in [-0.1, -0.05) is 42.0 Å². The molecule has 0 radical (unpaired) electrons. The number of benzene rings is 2. The second-order valence-electron chi connectivity index (χ2n) is 5.30. The molecule has 0 aliphatic carbocycles. The van der Waals surface area contributed by atoms with E-state index in [2.05, 4.69) is 32.0 Å². The number of hydrogen-bond donors (Lipinski definition) is 0. The number of carbonyl (C=O) groups excluding carboxylic acids is 1. The van der Waals surface area contributed by atoms with Gasteiger partial charge in [-0.05, 0) is 37.1 Å². The minimum Gasteiger partial charge on any atom is -0.311 e. The van der Waals surface area contributed by atoms with Gasteiger partial charge < -0.3 is 4.90 Å². The highest BCUT2D eigenvalue weighted by molar-refractivity contribution is 6.35. The standard InChI is InChI=1S/C18H17NO/c1-12-8-9-13(2)14(10-12)11-16-15-6-4-5-7-17(15)19(3)18(16)20/h4-11H,1-3H3. The summed E-state index contributed by atoms with van der Waals surface area (Å²) in [7, 11) is 1.82. The van der Waals surface area contributed by atoms with Gasteiger partial charge in [0.15, 0.2) is 0 Å². The number of nitrogens with zero attached hydrogens (tertiary/aromatic N) is 1. The van der Waals surface area contributed by atoms with Crippen LogP contribution >= 0.6 is 0 Å². The normalized spacial score (nSPS) is 15.8. The van der Waals surface area contributed by atoms with Crippen molar-refractivity contribution in [1.29, 1.82) is 0 Å². The van der Waals surface area contributed by atoms with Crippen molar-refractivity contribution in [2.45, 2.75) is 13.8 Å². The molecule has 1 heterocycles. The minimum absolute atomic E-state index is 0.0621. The highest BCUT2D eigenvalue weighted by Gasteiger charge is 2.28. The molecule has 2 heteroatoms. The van der Waals surface area contributed by atoms with Gasteiger partial charge in [-0.25, -0.2) is 0 Å². The second kappa shape index (κ2) is 4.64. The van der Waals surface area contributed by atoms with E-state index in [0.717, 1.165) is 22.4 Å². The minimum atomic E-state index is 0.0621. The Morgan fingerprint density at radius 2 is 1.80 bits per heavy atom. The molecule has 2 aromatic carbocycles.